The van der Waals surface area contributed by atoms with Gasteiger partial charge in [0, 0.05) is 28.8 Å². The predicted octanol–water partition coefficient (Wildman–Crippen LogP) is 7.38. The molecule has 4 aromatic carbocycles. The van der Waals surface area contributed by atoms with E-state index in [0.717, 1.165) is 57.9 Å². The van der Waals surface area contributed by atoms with E-state index in [9.17, 15) is 4.79 Å². The van der Waals surface area contributed by atoms with Gasteiger partial charge in [-0.2, -0.15) is 0 Å². The second-order valence-corrected chi connectivity index (χ2v) is 7.90. The zero-order chi connectivity index (χ0) is 22.6. The van der Waals surface area contributed by atoms with Gasteiger partial charge in [0.2, 0.25) is 0 Å². The molecule has 33 heavy (non-hydrogen) atoms. The molecule has 1 aromatic heterocycles. The first-order valence-corrected chi connectivity index (χ1v) is 11.2. The molecule has 0 spiro atoms. The first-order valence-electron chi connectivity index (χ1n) is 11.2. The fraction of sp³-hybridized carbons (Fsp3) is 0.0667. The van der Waals surface area contributed by atoms with E-state index in [4.69, 9.17) is 4.98 Å². The largest absolute Gasteiger partial charge is 0.324 e. The lowest BCUT2D eigenvalue weighted by Crippen LogP contribution is -2.01. The van der Waals surface area contributed by atoms with E-state index in [1.165, 1.54) is 0 Å². The van der Waals surface area contributed by atoms with Gasteiger partial charge < -0.3 is 4.57 Å². The SMILES string of the molecule is CCn1c(-c2ccccc2-c2cccc(C=O)c2)nc(-c2ccccc2)c1-c1ccccc1. The van der Waals surface area contributed by atoms with Crippen LogP contribution in [0.4, 0.5) is 0 Å². The molecule has 5 rings (SSSR count). The summed E-state index contributed by atoms with van der Waals surface area (Å²) in [5.74, 6) is 0.919. The molecule has 5 aromatic rings. The molecule has 0 radical (unpaired) electrons. The molecule has 0 atom stereocenters. The van der Waals surface area contributed by atoms with Gasteiger partial charge in [0.05, 0.1) is 11.4 Å². The topological polar surface area (TPSA) is 34.9 Å². The molecular formula is C30H24N2O. The number of aromatic nitrogens is 2. The highest BCUT2D eigenvalue weighted by Crippen LogP contribution is 2.39. The molecule has 0 N–H and O–H groups in total. The quantitative estimate of drug-likeness (QED) is 0.264. The van der Waals surface area contributed by atoms with Crippen LogP contribution < -0.4 is 0 Å². The van der Waals surface area contributed by atoms with Gasteiger partial charge in [-0.25, -0.2) is 4.98 Å². The van der Waals surface area contributed by atoms with Crippen molar-refractivity contribution in [2.45, 2.75) is 13.5 Å². The summed E-state index contributed by atoms with van der Waals surface area (Å²) < 4.78 is 2.29. The van der Waals surface area contributed by atoms with Crippen molar-refractivity contribution in [3.63, 3.8) is 0 Å². The number of nitrogens with zero attached hydrogens (tertiary/aromatic N) is 2. The third-order valence-corrected chi connectivity index (χ3v) is 5.88. The maximum Gasteiger partial charge on any atom is 0.150 e. The van der Waals surface area contributed by atoms with E-state index in [2.05, 4.69) is 60.0 Å². The standard InChI is InChI=1S/C30H24N2O/c1-2-32-29(24-15-7-4-8-16-24)28(23-13-5-3-6-14-23)31-30(32)27-19-10-9-18-26(27)25-17-11-12-22(20-25)21-33/h3-21H,2H2,1H3. The molecule has 3 heteroatoms. The second-order valence-electron chi connectivity index (χ2n) is 7.90. The Morgan fingerprint density at radius 3 is 1.97 bits per heavy atom. The van der Waals surface area contributed by atoms with Crippen molar-refractivity contribution in [1.82, 2.24) is 9.55 Å². The summed E-state index contributed by atoms with van der Waals surface area (Å²) >= 11 is 0. The highest BCUT2D eigenvalue weighted by Gasteiger charge is 2.22. The highest BCUT2D eigenvalue weighted by molar-refractivity contribution is 5.88. The lowest BCUT2D eigenvalue weighted by atomic mass is 9.98. The Kier molecular flexibility index (Phi) is 5.69. The van der Waals surface area contributed by atoms with Crippen molar-refractivity contribution < 1.29 is 4.79 Å². The molecule has 0 aliphatic rings. The number of rotatable bonds is 6. The Labute approximate surface area is 194 Å². The Balaban J connectivity index is 1.79. The fourth-order valence-corrected chi connectivity index (χ4v) is 4.36. The predicted molar refractivity (Wildman–Crippen MR) is 135 cm³/mol. The van der Waals surface area contributed by atoms with Crippen molar-refractivity contribution in [2.24, 2.45) is 0 Å². The van der Waals surface area contributed by atoms with Crippen LogP contribution in [0.3, 0.4) is 0 Å². The van der Waals surface area contributed by atoms with Crippen molar-refractivity contribution in [3.8, 4) is 45.0 Å². The van der Waals surface area contributed by atoms with Crippen LogP contribution in [-0.4, -0.2) is 15.8 Å². The molecule has 0 bridgehead atoms. The lowest BCUT2D eigenvalue weighted by molar-refractivity contribution is 0.112. The van der Waals surface area contributed by atoms with Gasteiger partial charge >= 0.3 is 0 Å². The highest BCUT2D eigenvalue weighted by atomic mass is 16.1. The first-order chi connectivity index (χ1) is 16.3. The number of benzene rings is 4. The molecule has 0 unspecified atom stereocenters. The van der Waals surface area contributed by atoms with Crippen LogP contribution in [0.15, 0.2) is 109 Å². The summed E-state index contributed by atoms with van der Waals surface area (Å²) in [6.45, 7) is 2.93. The van der Waals surface area contributed by atoms with Gasteiger partial charge in [-0.05, 0) is 24.1 Å². The maximum atomic E-state index is 11.4. The van der Waals surface area contributed by atoms with Gasteiger partial charge in [-0.3, -0.25) is 4.79 Å². The number of hydrogen-bond acceptors (Lipinski definition) is 2. The number of hydrogen-bond donors (Lipinski definition) is 0. The average molecular weight is 429 g/mol. The molecule has 0 saturated carbocycles. The molecule has 0 aliphatic heterocycles. The molecule has 0 fully saturated rings. The summed E-state index contributed by atoms with van der Waals surface area (Å²) in [6.07, 6.45) is 0.889. The summed E-state index contributed by atoms with van der Waals surface area (Å²) in [7, 11) is 0. The van der Waals surface area contributed by atoms with Crippen LogP contribution in [0.25, 0.3) is 45.0 Å². The van der Waals surface area contributed by atoms with E-state index in [1.807, 2.05) is 60.7 Å². The summed E-state index contributed by atoms with van der Waals surface area (Å²) in [5.41, 5.74) is 8.06. The number of carbonyl (C=O) groups is 1. The third-order valence-electron chi connectivity index (χ3n) is 5.88. The zero-order valence-corrected chi connectivity index (χ0v) is 18.5. The molecular weight excluding hydrogens is 404 g/mol. The van der Waals surface area contributed by atoms with Gasteiger partial charge in [0.1, 0.15) is 12.1 Å². The smallest absolute Gasteiger partial charge is 0.150 e. The fourth-order valence-electron chi connectivity index (χ4n) is 4.36. The van der Waals surface area contributed by atoms with E-state index in [-0.39, 0.29) is 0 Å². The average Bonchev–Trinajstić information content (AvgIpc) is 3.29. The van der Waals surface area contributed by atoms with Crippen LogP contribution in [0, 0.1) is 0 Å². The molecule has 160 valence electrons. The molecule has 1 heterocycles. The Morgan fingerprint density at radius 2 is 1.30 bits per heavy atom. The zero-order valence-electron chi connectivity index (χ0n) is 18.5. The molecule has 0 amide bonds. The molecule has 3 nitrogen and oxygen atoms in total. The van der Waals surface area contributed by atoms with Crippen molar-refractivity contribution in [2.75, 3.05) is 0 Å². The summed E-state index contributed by atoms with van der Waals surface area (Å²) in [5, 5.41) is 0. The van der Waals surface area contributed by atoms with Crippen LogP contribution in [0.2, 0.25) is 0 Å². The summed E-state index contributed by atoms with van der Waals surface area (Å²) in [6, 6.07) is 36.8. The minimum atomic E-state index is 0.663. The monoisotopic (exact) mass is 428 g/mol. The lowest BCUT2D eigenvalue weighted by Gasteiger charge is -2.14. The second kappa shape index (κ2) is 9.09. The van der Waals surface area contributed by atoms with Gasteiger partial charge in [0.25, 0.3) is 0 Å². The minimum absolute atomic E-state index is 0.663. The van der Waals surface area contributed by atoms with E-state index < -0.39 is 0 Å². The van der Waals surface area contributed by atoms with E-state index >= 15 is 0 Å². The number of imidazole rings is 1. The Morgan fingerprint density at radius 1 is 0.697 bits per heavy atom. The van der Waals surface area contributed by atoms with Crippen molar-refractivity contribution >= 4 is 6.29 Å². The van der Waals surface area contributed by atoms with Crippen LogP contribution in [0.1, 0.15) is 17.3 Å². The van der Waals surface area contributed by atoms with Crippen LogP contribution in [0.5, 0.6) is 0 Å². The maximum absolute atomic E-state index is 11.4. The first kappa shape index (κ1) is 20.7. The third kappa shape index (κ3) is 3.90. The van der Waals surface area contributed by atoms with Crippen LogP contribution in [-0.2, 0) is 6.54 Å². The van der Waals surface area contributed by atoms with E-state index in [0.29, 0.717) is 5.56 Å². The number of aldehydes is 1. The normalized spacial score (nSPS) is 10.8. The van der Waals surface area contributed by atoms with Gasteiger partial charge in [-0.15, -0.1) is 0 Å². The van der Waals surface area contributed by atoms with Crippen molar-refractivity contribution in [1.29, 1.82) is 0 Å². The van der Waals surface area contributed by atoms with Crippen LogP contribution >= 0.6 is 0 Å². The Hall–Kier alpha value is -4.24. The minimum Gasteiger partial charge on any atom is -0.324 e. The Bertz CT molecular complexity index is 1400. The number of carbonyl (C=O) groups excluding carboxylic acids is 1. The summed E-state index contributed by atoms with van der Waals surface area (Å²) in [4.78, 5) is 16.6. The molecule has 0 saturated heterocycles. The van der Waals surface area contributed by atoms with Crippen molar-refractivity contribution in [3.05, 3.63) is 115 Å². The van der Waals surface area contributed by atoms with Gasteiger partial charge in [0.15, 0.2) is 0 Å². The van der Waals surface area contributed by atoms with Gasteiger partial charge in [-0.1, -0.05) is 103 Å². The van der Waals surface area contributed by atoms with E-state index in [1.54, 1.807) is 0 Å². The molecule has 0 aliphatic carbocycles.